The minimum atomic E-state index is -3.54. The summed E-state index contributed by atoms with van der Waals surface area (Å²) >= 11 is 0. The lowest BCUT2D eigenvalue weighted by Gasteiger charge is -2.26. The smallest absolute Gasteiger partial charge is 0.265 e. The van der Waals surface area contributed by atoms with E-state index in [2.05, 4.69) is 5.32 Å². The molecule has 21 heavy (non-hydrogen) atoms. The SMILES string of the molecule is O=S(=O)(c1ccccc1)N1c2ccccc2[C@H]2CCN[C@H]21. The van der Waals surface area contributed by atoms with Gasteiger partial charge in [0, 0.05) is 5.92 Å². The van der Waals surface area contributed by atoms with Gasteiger partial charge >= 0.3 is 0 Å². The highest BCUT2D eigenvalue weighted by molar-refractivity contribution is 7.92. The number of para-hydroxylation sites is 1. The molecule has 5 heteroatoms. The lowest BCUT2D eigenvalue weighted by atomic mass is 9.99. The lowest BCUT2D eigenvalue weighted by molar-refractivity contribution is 0.555. The maximum absolute atomic E-state index is 13.0. The van der Waals surface area contributed by atoms with Crippen LogP contribution in [0.5, 0.6) is 0 Å². The molecule has 1 fully saturated rings. The Morgan fingerprint density at radius 2 is 1.71 bits per heavy atom. The van der Waals surface area contributed by atoms with Crippen molar-refractivity contribution in [3.05, 3.63) is 60.2 Å². The number of rotatable bonds is 2. The fourth-order valence-corrected chi connectivity index (χ4v) is 5.07. The van der Waals surface area contributed by atoms with E-state index in [1.807, 2.05) is 30.3 Å². The molecule has 0 unspecified atom stereocenters. The van der Waals surface area contributed by atoms with Crippen LogP contribution < -0.4 is 9.62 Å². The van der Waals surface area contributed by atoms with Crippen molar-refractivity contribution >= 4 is 15.7 Å². The van der Waals surface area contributed by atoms with Gasteiger partial charge in [0.25, 0.3) is 10.0 Å². The number of fused-ring (bicyclic) bond motifs is 3. The van der Waals surface area contributed by atoms with Crippen LogP contribution in [0.25, 0.3) is 0 Å². The summed E-state index contributed by atoms with van der Waals surface area (Å²) in [5, 5.41) is 3.34. The fraction of sp³-hybridized carbons (Fsp3) is 0.250. The highest BCUT2D eigenvalue weighted by atomic mass is 32.2. The summed E-state index contributed by atoms with van der Waals surface area (Å²) < 4.78 is 27.6. The molecule has 2 aliphatic heterocycles. The van der Waals surface area contributed by atoms with E-state index in [4.69, 9.17) is 0 Å². The Labute approximate surface area is 124 Å². The summed E-state index contributed by atoms with van der Waals surface area (Å²) in [5.41, 5.74) is 1.94. The van der Waals surface area contributed by atoms with E-state index < -0.39 is 10.0 Å². The second kappa shape index (κ2) is 4.58. The number of anilines is 1. The van der Waals surface area contributed by atoms with Gasteiger partial charge in [-0.3, -0.25) is 5.32 Å². The molecule has 0 radical (unpaired) electrons. The minimum absolute atomic E-state index is 0.160. The first-order valence-electron chi connectivity index (χ1n) is 7.11. The Hall–Kier alpha value is -1.85. The van der Waals surface area contributed by atoms with E-state index >= 15 is 0 Å². The number of nitrogens with zero attached hydrogens (tertiary/aromatic N) is 1. The van der Waals surface area contributed by atoms with Crippen LogP contribution in [0.15, 0.2) is 59.5 Å². The Kier molecular flexibility index (Phi) is 2.80. The standard InChI is InChI=1S/C16H16N2O2S/c19-21(20,12-6-2-1-3-7-12)18-15-9-5-4-8-13(15)14-10-11-17-16(14)18/h1-9,14,16-17H,10-11H2/t14-,16+/m1/s1. The summed E-state index contributed by atoms with van der Waals surface area (Å²) in [7, 11) is -3.54. The third kappa shape index (κ3) is 1.81. The van der Waals surface area contributed by atoms with Gasteiger partial charge in [-0.05, 0) is 36.7 Å². The van der Waals surface area contributed by atoms with Crippen LogP contribution >= 0.6 is 0 Å². The summed E-state index contributed by atoms with van der Waals surface area (Å²) in [6.45, 7) is 0.852. The monoisotopic (exact) mass is 300 g/mol. The highest BCUT2D eigenvalue weighted by Crippen LogP contribution is 2.46. The molecule has 0 aliphatic carbocycles. The Bertz CT molecular complexity index is 774. The zero-order chi connectivity index (χ0) is 14.4. The van der Waals surface area contributed by atoms with Crippen LogP contribution in [-0.4, -0.2) is 21.1 Å². The largest absolute Gasteiger partial charge is 0.296 e. The first-order chi connectivity index (χ1) is 10.2. The third-order valence-corrected chi connectivity index (χ3v) is 6.13. The van der Waals surface area contributed by atoms with E-state index in [0.717, 1.165) is 24.2 Å². The predicted molar refractivity (Wildman–Crippen MR) is 81.7 cm³/mol. The lowest BCUT2D eigenvalue weighted by Crippen LogP contribution is -2.44. The molecule has 0 bridgehead atoms. The molecule has 108 valence electrons. The van der Waals surface area contributed by atoms with Crippen molar-refractivity contribution in [2.75, 3.05) is 10.8 Å². The molecule has 4 nitrogen and oxygen atoms in total. The van der Waals surface area contributed by atoms with Crippen molar-refractivity contribution in [3.63, 3.8) is 0 Å². The zero-order valence-electron chi connectivity index (χ0n) is 11.4. The van der Waals surface area contributed by atoms with Gasteiger partial charge in [-0.1, -0.05) is 36.4 Å². The summed E-state index contributed by atoms with van der Waals surface area (Å²) in [6.07, 6.45) is 0.815. The third-order valence-electron chi connectivity index (χ3n) is 4.32. The topological polar surface area (TPSA) is 49.4 Å². The molecule has 2 aliphatic rings. The number of benzene rings is 2. The van der Waals surface area contributed by atoms with Crippen molar-refractivity contribution in [3.8, 4) is 0 Å². The molecule has 2 aromatic carbocycles. The molecule has 1 saturated heterocycles. The van der Waals surface area contributed by atoms with E-state index in [-0.39, 0.29) is 12.1 Å². The summed E-state index contributed by atoms with van der Waals surface area (Å²) in [6, 6.07) is 16.5. The molecule has 1 N–H and O–H groups in total. The van der Waals surface area contributed by atoms with E-state index in [1.54, 1.807) is 28.6 Å². The zero-order valence-corrected chi connectivity index (χ0v) is 12.3. The average molecular weight is 300 g/mol. The molecule has 0 spiro atoms. The molecular formula is C16H16N2O2S. The molecule has 2 atom stereocenters. The van der Waals surface area contributed by atoms with Crippen LogP contribution in [0, 0.1) is 0 Å². The van der Waals surface area contributed by atoms with Gasteiger partial charge < -0.3 is 0 Å². The van der Waals surface area contributed by atoms with Crippen LogP contribution in [0.2, 0.25) is 0 Å². The maximum Gasteiger partial charge on any atom is 0.265 e. The van der Waals surface area contributed by atoms with Gasteiger partial charge in [0.05, 0.1) is 10.6 Å². The highest BCUT2D eigenvalue weighted by Gasteiger charge is 2.46. The van der Waals surface area contributed by atoms with E-state index in [0.29, 0.717) is 4.90 Å². The van der Waals surface area contributed by atoms with Crippen LogP contribution in [0.3, 0.4) is 0 Å². The normalized spacial score (nSPS) is 23.9. The molecule has 0 saturated carbocycles. The Morgan fingerprint density at radius 3 is 2.52 bits per heavy atom. The predicted octanol–water partition coefficient (Wildman–Crippen LogP) is 2.30. The van der Waals surface area contributed by atoms with E-state index in [9.17, 15) is 8.42 Å². The quantitative estimate of drug-likeness (QED) is 0.926. The van der Waals surface area contributed by atoms with Crippen molar-refractivity contribution in [1.29, 1.82) is 0 Å². The summed E-state index contributed by atoms with van der Waals surface area (Å²) in [4.78, 5) is 0.342. The van der Waals surface area contributed by atoms with Crippen molar-refractivity contribution in [1.82, 2.24) is 5.32 Å². The first kappa shape index (κ1) is 12.9. The minimum Gasteiger partial charge on any atom is -0.296 e. The first-order valence-corrected chi connectivity index (χ1v) is 8.55. The van der Waals surface area contributed by atoms with Crippen LogP contribution in [0.4, 0.5) is 5.69 Å². The van der Waals surface area contributed by atoms with Crippen molar-refractivity contribution in [2.24, 2.45) is 0 Å². The van der Waals surface area contributed by atoms with Crippen molar-refractivity contribution < 1.29 is 8.42 Å². The Morgan fingerprint density at radius 1 is 1.00 bits per heavy atom. The van der Waals surface area contributed by atoms with Gasteiger partial charge in [-0.25, -0.2) is 12.7 Å². The molecule has 0 amide bonds. The molecule has 0 aromatic heterocycles. The molecular weight excluding hydrogens is 284 g/mol. The number of nitrogens with one attached hydrogen (secondary N) is 1. The molecule has 2 aromatic rings. The molecule has 2 heterocycles. The maximum atomic E-state index is 13.0. The second-order valence-electron chi connectivity index (χ2n) is 5.47. The number of hydrogen-bond acceptors (Lipinski definition) is 3. The van der Waals surface area contributed by atoms with Gasteiger partial charge in [0.15, 0.2) is 0 Å². The fourth-order valence-electron chi connectivity index (χ4n) is 3.40. The average Bonchev–Trinajstić information content (AvgIpc) is 3.08. The van der Waals surface area contributed by atoms with Gasteiger partial charge in [0.1, 0.15) is 6.17 Å². The number of sulfonamides is 1. The summed E-state index contributed by atoms with van der Waals surface area (Å²) in [5.74, 6) is 0.250. The van der Waals surface area contributed by atoms with Crippen LogP contribution in [-0.2, 0) is 10.0 Å². The Balaban J connectivity index is 1.88. The van der Waals surface area contributed by atoms with Gasteiger partial charge in [-0.2, -0.15) is 0 Å². The molecule has 4 rings (SSSR count). The van der Waals surface area contributed by atoms with Crippen molar-refractivity contribution in [2.45, 2.75) is 23.4 Å². The van der Waals surface area contributed by atoms with Gasteiger partial charge in [0.2, 0.25) is 0 Å². The van der Waals surface area contributed by atoms with Gasteiger partial charge in [-0.15, -0.1) is 0 Å². The number of hydrogen-bond donors (Lipinski definition) is 1. The van der Waals surface area contributed by atoms with Crippen LogP contribution in [0.1, 0.15) is 17.9 Å². The second-order valence-corrected chi connectivity index (χ2v) is 7.28. The van der Waals surface area contributed by atoms with E-state index in [1.165, 1.54) is 0 Å².